The smallest absolute Gasteiger partial charge is 0.330 e. The van der Waals surface area contributed by atoms with Crippen molar-refractivity contribution < 1.29 is 19.4 Å². The summed E-state index contributed by atoms with van der Waals surface area (Å²) in [5.41, 5.74) is 0. The van der Waals surface area contributed by atoms with Gasteiger partial charge in [-0.2, -0.15) is 0 Å². The monoisotopic (exact) mass is 284 g/mol. The highest BCUT2D eigenvalue weighted by atomic mass is 16.5. The molecule has 0 atom stereocenters. The van der Waals surface area contributed by atoms with E-state index in [2.05, 4.69) is 19.6 Å². The Hall–Kier alpha value is -1.58. The van der Waals surface area contributed by atoms with Crippen molar-refractivity contribution in [3.63, 3.8) is 0 Å². The molecule has 20 heavy (non-hydrogen) atoms. The van der Waals surface area contributed by atoms with E-state index in [0.717, 1.165) is 13.3 Å². The van der Waals surface area contributed by atoms with Gasteiger partial charge in [0.2, 0.25) is 0 Å². The highest BCUT2D eigenvalue weighted by Gasteiger charge is 1.90. The van der Waals surface area contributed by atoms with E-state index in [0.29, 0.717) is 6.61 Å². The van der Waals surface area contributed by atoms with Crippen LogP contribution in [0.5, 0.6) is 0 Å². The second-order valence-electron chi connectivity index (χ2n) is 4.38. The number of unbranched alkanes of at least 4 members (excludes halogenated alkanes) is 6. The number of carbonyl (C=O) groups excluding carboxylic acids is 1. The first-order valence-electron chi connectivity index (χ1n) is 7.18. The first-order valence-corrected chi connectivity index (χ1v) is 7.18. The number of rotatable bonds is 10. The molecule has 0 amide bonds. The Bertz CT molecular complexity index is 278. The van der Waals surface area contributed by atoms with Gasteiger partial charge in [-0.15, -0.1) is 0 Å². The van der Waals surface area contributed by atoms with Crippen LogP contribution in [0.1, 0.15) is 58.8 Å². The standard InChI is InChI=1S/C14H24O2.C2H4O2/c1-3-5-6-7-8-9-10-11-12-13-16-14(15)4-2;1-2(3)4/h4,11-12H,2-3,5-10,13H2,1H3;1H3,(H,3,4). The van der Waals surface area contributed by atoms with E-state index in [9.17, 15) is 4.79 Å². The summed E-state index contributed by atoms with van der Waals surface area (Å²) in [6.07, 6.45) is 14.1. The maximum Gasteiger partial charge on any atom is 0.330 e. The summed E-state index contributed by atoms with van der Waals surface area (Å²) in [6, 6.07) is 0. The molecule has 0 aromatic carbocycles. The van der Waals surface area contributed by atoms with E-state index < -0.39 is 5.97 Å². The molecule has 0 unspecified atom stereocenters. The summed E-state index contributed by atoms with van der Waals surface area (Å²) in [6.45, 7) is 7.00. The molecule has 0 radical (unpaired) electrons. The molecule has 0 rings (SSSR count). The van der Waals surface area contributed by atoms with Crippen LogP contribution in [0, 0.1) is 0 Å². The molecule has 0 aliphatic heterocycles. The molecule has 0 aromatic heterocycles. The van der Waals surface area contributed by atoms with E-state index in [1.165, 1.54) is 44.6 Å². The van der Waals surface area contributed by atoms with Crippen molar-refractivity contribution in [3.8, 4) is 0 Å². The predicted molar refractivity (Wildman–Crippen MR) is 81.6 cm³/mol. The number of carbonyl (C=O) groups is 2. The summed E-state index contributed by atoms with van der Waals surface area (Å²) >= 11 is 0. The van der Waals surface area contributed by atoms with Crippen molar-refractivity contribution in [3.05, 3.63) is 24.8 Å². The highest BCUT2D eigenvalue weighted by molar-refractivity contribution is 5.81. The normalized spacial score (nSPS) is 9.70. The van der Waals surface area contributed by atoms with Gasteiger partial charge in [0.15, 0.2) is 0 Å². The average molecular weight is 284 g/mol. The minimum atomic E-state index is -0.833. The molecule has 0 saturated carbocycles. The van der Waals surface area contributed by atoms with E-state index >= 15 is 0 Å². The number of hydrogen-bond acceptors (Lipinski definition) is 3. The van der Waals surface area contributed by atoms with Crippen molar-refractivity contribution in [2.45, 2.75) is 58.8 Å². The third-order valence-corrected chi connectivity index (χ3v) is 2.38. The van der Waals surface area contributed by atoms with Crippen LogP contribution in [-0.2, 0) is 14.3 Å². The number of aliphatic carboxylic acids is 1. The maximum absolute atomic E-state index is 10.7. The first-order chi connectivity index (χ1) is 9.54. The van der Waals surface area contributed by atoms with E-state index in [1.54, 1.807) is 0 Å². The Balaban J connectivity index is 0. The minimum Gasteiger partial charge on any atom is -0.481 e. The largest absolute Gasteiger partial charge is 0.481 e. The van der Waals surface area contributed by atoms with Crippen molar-refractivity contribution in [2.24, 2.45) is 0 Å². The van der Waals surface area contributed by atoms with Gasteiger partial charge in [0, 0.05) is 13.0 Å². The first kappa shape index (κ1) is 20.7. The van der Waals surface area contributed by atoms with Crippen LogP contribution in [0.15, 0.2) is 24.8 Å². The van der Waals surface area contributed by atoms with Crippen molar-refractivity contribution in [1.82, 2.24) is 0 Å². The molecular formula is C16H28O4. The van der Waals surface area contributed by atoms with Gasteiger partial charge in [0.05, 0.1) is 0 Å². The van der Waals surface area contributed by atoms with E-state index in [-0.39, 0.29) is 5.97 Å². The average Bonchev–Trinajstić information content (AvgIpc) is 2.40. The second kappa shape index (κ2) is 17.4. The SMILES string of the molecule is C=CC(=O)OCC=CCCCCCCCC.CC(=O)O. The zero-order chi connectivity index (χ0) is 15.6. The Morgan fingerprint density at radius 2 is 1.65 bits per heavy atom. The molecule has 0 saturated heterocycles. The van der Waals surface area contributed by atoms with Crippen molar-refractivity contribution >= 4 is 11.9 Å². The molecule has 4 heteroatoms. The Morgan fingerprint density at radius 3 is 2.20 bits per heavy atom. The molecule has 0 aliphatic carbocycles. The maximum atomic E-state index is 10.7. The minimum absolute atomic E-state index is 0.357. The Kier molecular flexibility index (Phi) is 18.1. The van der Waals surface area contributed by atoms with Gasteiger partial charge in [-0.3, -0.25) is 4.79 Å². The summed E-state index contributed by atoms with van der Waals surface area (Å²) in [5, 5.41) is 7.42. The third-order valence-electron chi connectivity index (χ3n) is 2.38. The lowest BCUT2D eigenvalue weighted by molar-refractivity contribution is -0.136. The molecule has 0 fully saturated rings. The fraction of sp³-hybridized carbons (Fsp3) is 0.625. The van der Waals surface area contributed by atoms with Crippen LogP contribution in [0.4, 0.5) is 0 Å². The molecule has 0 spiro atoms. The lowest BCUT2D eigenvalue weighted by atomic mass is 10.1. The van der Waals surface area contributed by atoms with Crippen LogP contribution in [0.3, 0.4) is 0 Å². The summed E-state index contributed by atoms with van der Waals surface area (Å²) in [7, 11) is 0. The van der Waals surface area contributed by atoms with Crippen molar-refractivity contribution in [2.75, 3.05) is 6.61 Å². The predicted octanol–water partition coefficient (Wildman–Crippen LogP) is 4.11. The lowest BCUT2D eigenvalue weighted by Crippen LogP contribution is -1.98. The second-order valence-corrected chi connectivity index (χ2v) is 4.38. The van der Waals surface area contributed by atoms with Crippen molar-refractivity contribution in [1.29, 1.82) is 0 Å². The van der Waals surface area contributed by atoms with E-state index in [4.69, 9.17) is 14.6 Å². The molecule has 0 aromatic rings. The zero-order valence-corrected chi connectivity index (χ0v) is 12.8. The molecule has 0 aliphatic rings. The topological polar surface area (TPSA) is 63.6 Å². The summed E-state index contributed by atoms with van der Waals surface area (Å²) in [4.78, 5) is 19.7. The Labute approximate surface area is 122 Å². The highest BCUT2D eigenvalue weighted by Crippen LogP contribution is 2.06. The van der Waals surface area contributed by atoms with Gasteiger partial charge in [-0.05, 0) is 12.8 Å². The molecule has 1 N–H and O–H groups in total. The molecule has 116 valence electrons. The van der Waals surface area contributed by atoms with Gasteiger partial charge >= 0.3 is 5.97 Å². The summed E-state index contributed by atoms with van der Waals surface area (Å²) in [5.74, 6) is -1.19. The van der Waals surface area contributed by atoms with Gasteiger partial charge < -0.3 is 9.84 Å². The number of esters is 1. The number of ether oxygens (including phenoxy) is 1. The van der Waals surface area contributed by atoms with Gasteiger partial charge in [0.25, 0.3) is 5.97 Å². The number of carboxylic acid groups (broad SMARTS) is 1. The van der Waals surface area contributed by atoms with Crippen LogP contribution in [0.2, 0.25) is 0 Å². The number of allylic oxidation sites excluding steroid dienone is 1. The zero-order valence-electron chi connectivity index (χ0n) is 12.8. The molecule has 0 heterocycles. The number of hydrogen-bond donors (Lipinski definition) is 1. The molecule has 0 bridgehead atoms. The van der Waals surface area contributed by atoms with Crippen LogP contribution >= 0.6 is 0 Å². The van der Waals surface area contributed by atoms with E-state index in [1.807, 2.05) is 6.08 Å². The molecular weight excluding hydrogens is 256 g/mol. The van der Waals surface area contributed by atoms with Crippen LogP contribution < -0.4 is 0 Å². The van der Waals surface area contributed by atoms with Crippen LogP contribution in [0.25, 0.3) is 0 Å². The van der Waals surface area contributed by atoms with Gasteiger partial charge in [-0.1, -0.05) is 57.8 Å². The van der Waals surface area contributed by atoms with Gasteiger partial charge in [-0.25, -0.2) is 4.79 Å². The Morgan fingerprint density at radius 1 is 1.10 bits per heavy atom. The third kappa shape index (κ3) is 25.3. The number of carboxylic acids is 1. The summed E-state index contributed by atoms with van der Waals surface area (Å²) < 4.78 is 4.81. The fourth-order valence-electron chi connectivity index (χ4n) is 1.42. The molecule has 4 nitrogen and oxygen atoms in total. The quantitative estimate of drug-likeness (QED) is 0.284. The van der Waals surface area contributed by atoms with Gasteiger partial charge in [0.1, 0.15) is 6.61 Å². The fourth-order valence-corrected chi connectivity index (χ4v) is 1.42. The lowest BCUT2D eigenvalue weighted by Gasteiger charge is -1.98. The van der Waals surface area contributed by atoms with Crippen LogP contribution in [-0.4, -0.2) is 23.7 Å².